The van der Waals surface area contributed by atoms with Gasteiger partial charge in [-0.1, -0.05) is 5.57 Å². The van der Waals surface area contributed by atoms with Crippen LogP contribution in [0.4, 0.5) is 5.82 Å². The number of carbonyl (C=O) groups is 2. The van der Waals surface area contributed by atoms with E-state index in [-0.39, 0.29) is 11.5 Å². The van der Waals surface area contributed by atoms with E-state index in [0.29, 0.717) is 0 Å². The number of nitrogens with one attached hydrogen (secondary N) is 1. The van der Waals surface area contributed by atoms with Gasteiger partial charge in [0.25, 0.3) is 0 Å². The van der Waals surface area contributed by atoms with Crippen LogP contribution in [0.1, 0.15) is 24.3 Å². The van der Waals surface area contributed by atoms with Crippen LogP contribution < -0.4 is 5.32 Å². The molecule has 1 rings (SSSR count). The minimum Gasteiger partial charge on any atom is -0.476 e. The number of nitrogens with zero attached hydrogens (tertiary/aromatic N) is 2. The van der Waals surface area contributed by atoms with E-state index in [1.807, 2.05) is 0 Å². The van der Waals surface area contributed by atoms with Crippen LogP contribution >= 0.6 is 0 Å². The molecule has 0 aromatic carbocycles. The molecule has 16 heavy (non-hydrogen) atoms. The molecule has 84 valence electrons. The molecule has 0 saturated heterocycles. The Kier molecular flexibility index (Phi) is 3.71. The van der Waals surface area contributed by atoms with Gasteiger partial charge < -0.3 is 10.4 Å². The zero-order valence-corrected chi connectivity index (χ0v) is 8.89. The van der Waals surface area contributed by atoms with E-state index in [4.69, 9.17) is 5.11 Å². The fourth-order valence-electron chi connectivity index (χ4n) is 1.00. The van der Waals surface area contributed by atoms with Crippen molar-refractivity contribution < 1.29 is 14.7 Å². The van der Waals surface area contributed by atoms with Crippen LogP contribution in [0, 0.1) is 0 Å². The van der Waals surface area contributed by atoms with E-state index in [9.17, 15) is 9.59 Å². The van der Waals surface area contributed by atoms with E-state index >= 15 is 0 Å². The van der Waals surface area contributed by atoms with Crippen LogP contribution in [0.25, 0.3) is 0 Å². The summed E-state index contributed by atoms with van der Waals surface area (Å²) in [6.45, 7) is 3.52. The molecule has 0 bridgehead atoms. The quantitative estimate of drug-likeness (QED) is 0.745. The van der Waals surface area contributed by atoms with Gasteiger partial charge >= 0.3 is 5.97 Å². The van der Waals surface area contributed by atoms with Crippen LogP contribution in [-0.4, -0.2) is 27.0 Å². The van der Waals surface area contributed by atoms with Gasteiger partial charge in [0.15, 0.2) is 11.5 Å². The number of hydrogen-bond donors (Lipinski definition) is 2. The Labute approximate surface area is 92.0 Å². The Bertz CT molecular complexity index is 450. The highest BCUT2D eigenvalue weighted by Gasteiger charge is 2.13. The molecule has 1 amide bonds. The van der Waals surface area contributed by atoms with Crippen molar-refractivity contribution in [3.8, 4) is 0 Å². The number of carboxylic acids is 1. The van der Waals surface area contributed by atoms with Crippen molar-refractivity contribution in [3.05, 3.63) is 29.7 Å². The van der Waals surface area contributed by atoms with Crippen molar-refractivity contribution >= 4 is 17.7 Å². The predicted molar refractivity (Wildman–Crippen MR) is 57.1 cm³/mol. The molecule has 0 fully saturated rings. The fourth-order valence-corrected chi connectivity index (χ4v) is 1.00. The van der Waals surface area contributed by atoms with E-state index in [2.05, 4.69) is 15.3 Å². The molecule has 0 unspecified atom stereocenters. The number of carbonyl (C=O) groups excluding carboxylic acids is 1. The predicted octanol–water partition coefficient (Wildman–Crippen LogP) is 1.08. The molecule has 1 aromatic rings. The number of allylic oxidation sites excluding steroid dienone is 1. The highest BCUT2D eigenvalue weighted by Crippen LogP contribution is 2.08. The van der Waals surface area contributed by atoms with Crippen LogP contribution in [0.5, 0.6) is 0 Å². The summed E-state index contributed by atoms with van der Waals surface area (Å²) in [6.07, 6.45) is 3.91. The summed E-state index contributed by atoms with van der Waals surface area (Å²) in [5.74, 6) is -1.72. The number of aromatic carboxylic acids is 1. The molecule has 1 aromatic heterocycles. The van der Waals surface area contributed by atoms with Crippen LogP contribution in [0.15, 0.2) is 24.0 Å². The number of amides is 1. The maximum Gasteiger partial charge on any atom is 0.358 e. The second-order valence-corrected chi connectivity index (χ2v) is 3.27. The van der Waals surface area contributed by atoms with Crippen molar-refractivity contribution in [3.63, 3.8) is 0 Å². The van der Waals surface area contributed by atoms with E-state index < -0.39 is 11.9 Å². The lowest BCUT2D eigenvalue weighted by atomic mass is 10.3. The molecule has 0 atom stereocenters. The topological polar surface area (TPSA) is 92.2 Å². The average molecular weight is 221 g/mol. The minimum atomic E-state index is -1.24. The lowest BCUT2D eigenvalue weighted by Crippen LogP contribution is -2.15. The molecule has 2 N–H and O–H groups in total. The molecule has 6 heteroatoms. The minimum absolute atomic E-state index is 0.0579. The standard InChI is InChI=1S/C10H11N3O3/c1-6(2)5-7(14)13-9-8(10(15)16)11-3-4-12-9/h3-5H,1-2H3,(H,15,16)(H,12,13,14). The molecular formula is C10H11N3O3. The molecule has 1 heterocycles. The van der Waals surface area contributed by atoms with E-state index in [0.717, 1.165) is 5.57 Å². The largest absolute Gasteiger partial charge is 0.476 e. The Morgan fingerprint density at radius 3 is 2.50 bits per heavy atom. The summed E-state index contributed by atoms with van der Waals surface area (Å²) in [4.78, 5) is 29.5. The SMILES string of the molecule is CC(C)=CC(=O)Nc1nccnc1C(=O)O. The Morgan fingerprint density at radius 1 is 1.31 bits per heavy atom. The summed E-state index contributed by atoms with van der Waals surface area (Å²) >= 11 is 0. The highest BCUT2D eigenvalue weighted by atomic mass is 16.4. The molecule has 0 spiro atoms. The van der Waals surface area contributed by atoms with Crippen molar-refractivity contribution in [1.29, 1.82) is 0 Å². The first kappa shape index (κ1) is 11.8. The average Bonchev–Trinajstić information content (AvgIpc) is 2.16. The van der Waals surface area contributed by atoms with Gasteiger partial charge in [-0.25, -0.2) is 14.8 Å². The van der Waals surface area contributed by atoms with Gasteiger partial charge in [-0.05, 0) is 13.8 Å². The third-order valence-corrected chi connectivity index (χ3v) is 1.56. The van der Waals surface area contributed by atoms with E-state index in [1.54, 1.807) is 13.8 Å². The van der Waals surface area contributed by atoms with Gasteiger partial charge in [0.05, 0.1) is 0 Å². The fraction of sp³-hybridized carbons (Fsp3) is 0.200. The summed E-state index contributed by atoms with van der Waals surface area (Å²) in [5, 5.41) is 11.1. The first-order valence-corrected chi connectivity index (χ1v) is 4.51. The van der Waals surface area contributed by atoms with Crippen molar-refractivity contribution in [2.24, 2.45) is 0 Å². The number of anilines is 1. The molecule has 0 saturated carbocycles. The maximum absolute atomic E-state index is 11.3. The Hall–Kier alpha value is -2.24. The van der Waals surface area contributed by atoms with Crippen LogP contribution in [-0.2, 0) is 4.79 Å². The Morgan fingerprint density at radius 2 is 1.94 bits per heavy atom. The zero-order chi connectivity index (χ0) is 12.1. The van der Waals surface area contributed by atoms with Crippen molar-refractivity contribution in [2.45, 2.75) is 13.8 Å². The van der Waals surface area contributed by atoms with Gasteiger partial charge in [-0.2, -0.15) is 0 Å². The molecule has 0 aliphatic heterocycles. The maximum atomic E-state index is 11.3. The van der Waals surface area contributed by atoms with Gasteiger partial charge in [-0.15, -0.1) is 0 Å². The van der Waals surface area contributed by atoms with Gasteiger partial charge in [0, 0.05) is 18.5 Å². The van der Waals surface area contributed by atoms with Gasteiger partial charge in [-0.3, -0.25) is 4.79 Å². The Balaban J connectivity index is 2.93. The number of aromatic nitrogens is 2. The molecule has 0 radical (unpaired) electrons. The molecule has 0 aliphatic carbocycles. The second kappa shape index (κ2) is 5.01. The van der Waals surface area contributed by atoms with Gasteiger partial charge in [0.1, 0.15) is 0 Å². The third-order valence-electron chi connectivity index (χ3n) is 1.56. The summed E-state index contributed by atoms with van der Waals surface area (Å²) < 4.78 is 0. The second-order valence-electron chi connectivity index (χ2n) is 3.27. The summed E-state index contributed by atoms with van der Waals surface area (Å²) in [6, 6.07) is 0. The number of rotatable bonds is 3. The van der Waals surface area contributed by atoms with Crippen LogP contribution in [0.2, 0.25) is 0 Å². The highest BCUT2D eigenvalue weighted by molar-refractivity contribution is 6.02. The summed E-state index contributed by atoms with van der Waals surface area (Å²) in [5.41, 5.74) is 0.524. The van der Waals surface area contributed by atoms with Crippen molar-refractivity contribution in [1.82, 2.24) is 9.97 Å². The number of carboxylic acid groups (broad SMARTS) is 1. The molecule has 6 nitrogen and oxygen atoms in total. The zero-order valence-electron chi connectivity index (χ0n) is 8.89. The first-order valence-electron chi connectivity index (χ1n) is 4.51. The van der Waals surface area contributed by atoms with Gasteiger partial charge in [0.2, 0.25) is 5.91 Å². The summed E-state index contributed by atoms with van der Waals surface area (Å²) in [7, 11) is 0. The van der Waals surface area contributed by atoms with Crippen molar-refractivity contribution in [2.75, 3.05) is 5.32 Å². The lowest BCUT2D eigenvalue weighted by molar-refractivity contribution is -0.112. The van der Waals surface area contributed by atoms with E-state index in [1.165, 1.54) is 18.5 Å². The molecule has 0 aliphatic rings. The first-order chi connectivity index (χ1) is 7.50. The normalized spacial score (nSPS) is 9.38. The van der Waals surface area contributed by atoms with Crippen LogP contribution in [0.3, 0.4) is 0 Å². The number of hydrogen-bond acceptors (Lipinski definition) is 4. The monoisotopic (exact) mass is 221 g/mol. The molecular weight excluding hydrogens is 210 g/mol. The smallest absolute Gasteiger partial charge is 0.358 e. The lowest BCUT2D eigenvalue weighted by Gasteiger charge is -2.03. The third kappa shape index (κ3) is 3.16.